The highest BCUT2D eigenvalue weighted by Gasteiger charge is 2.27. The molecule has 2 rings (SSSR count). The highest BCUT2D eigenvalue weighted by molar-refractivity contribution is 6.35. The minimum Gasteiger partial charge on any atom is -0.353 e. The van der Waals surface area contributed by atoms with Crippen molar-refractivity contribution in [3.63, 3.8) is 0 Å². The van der Waals surface area contributed by atoms with E-state index in [2.05, 4.69) is 26.2 Å². The van der Waals surface area contributed by atoms with E-state index < -0.39 is 17.4 Å². The maximum Gasteiger partial charge on any atom is 0.309 e. The van der Waals surface area contributed by atoms with Crippen LogP contribution in [0.4, 0.5) is 0 Å². The first kappa shape index (κ1) is 17.5. The number of rotatable bonds is 4. The summed E-state index contributed by atoms with van der Waals surface area (Å²) in [6.07, 6.45) is 4.37. The summed E-state index contributed by atoms with van der Waals surface area (Å²) in [5, 5.41) is 5.48. The molecule has 1 aliphatic rings. The summed E-state index contributed by atoms with van der Waals surface area (Å²) in [4.78, 5) is 26.3. The fourth-order valence-electron chi connectivity index (χ4n) is 2.96. The second-order valence-corrected chi connectivity index (χ2v) is 7.22. The van der Waals surface area contributed by atoms with Crippen LogP contribution >= 0.6 is 0 Å². The summed E-state index contributed by atoms with van der Waals surface area (Å²) in [6, 6.07) is 4.18. The monoisotopic (exact) mass is 320 g/mol. The van der Waals surface area contributed by atoms with Gasteiger partial charge in [0.1, 0.15) is 0 Å². The lowest BCUT2D eigenvalue weighted by Crippen LogP contribution is -2.49. The molecule has 1 atom stereocenters. The van der Waals surface area contributed by atoms with Crippen LogP contribution in [0.3, 0.4) is 0 Å². The molecule has 6 nitrogen and oxygen atoms in total. The molecule has 0 aromatic carbocycles. The van der Waals surface area contributed by atoms with Crippen molar-refractivity contribution < 1.29 is 9.59 Å². The van der Waals surface area contributed by atoms with Gasteiger partial charge in [0.15, 0.2) is 0 Å². The predicted molar refractivity (Wildman–Crippen MR) is 89.9 cm³/mol. The van der Waals surface area contributed by atoms with Crippen LogP contribution in [0.15, 0.2) is 18.3 Å². The Kier molecular flexibility index (Phi) is 5.46. The van der Waals surface area contributed by atoms with Crippen molar-refractivity contribution in [2.45, 2.75) is 45.2 Å². The number of aryl methyl sites for hydroxylation is 1. The van der Waals surface area contributed by atoms with Crippen molar-refractivity contribution in [2.75, 3.05) is 19.6 Å². The van der Waals surface area contributed by atoms with Gasteiger partial charge in [-0.1, -0.05) is 0 Å². The maximum absolute atomic E-state index is 12.0. The van der Waals surface area contributed by atoms with Crippen LogP contribution in [0.25, 0.3) is 0 Å². The van der Waals surface area contributed by atoms with Crippen LogP contribution in [0, 0.1) is 0 Å². The Morgan fingerprint density at radius 1 is 1.22 bits per heavy atom. The molecule has 0 saturated carbocycles. The highest BCUT2D eigenvalue weighted by atomic mass is 16.2. The van der Waals surface area contributed by atoms with Crippen molar-refractivity contribution >= 4 is 11.8 Å². The van der Waals surface area contributed by atoms with Crippen molar-refractivity contribution in [1.82, 2.24) is 20.1 Å². The Hall–Kier alpha value is -1.82. The van der Waals surface area contributed by atoms with E-state index in [4.69, 9.17) is 0 Å². The van der Waals surface area contributed by atoms with Crippen LogP contribution in [0.1, 0.15) is 45.3 Å². The average Bonchev–Trinajstić information content (AvgIpc) is 3.09. The van der Waals surface area contributed by atoms with E-state index in [1.165, 1.54) is 12.8 Å². The van der Waals surface area contributed by atoms with Crippen LogP contribution in [0.5, 0.6) is 0 Å². The molecule has 0 bridgehead atoms. The molecule has 2 amide bonds. The predicted octanol–water partition coefficient (Wildman–Crippen LogP) is 1.19. The SMILES string of the molecule is Cn1cccc1C(CNC(=O)C(=O)NC(C)(C)C)N1CCCC1. The van der Waals surface area contributed by atoms with Crippen molar-refractivity contribution in [2.24, 2.45) is 7.05 Å². The minimum absolute atomic E-state index is 0.101. The zero-order valence-corrected chi connectivity index (χ0v) is 14.6. The number of nitrogens with zero attached hydrogens (tertiary/aromatic N) is 2. The van der Waals surface area contributed by atoms with Crippen molar-refractivity contribution in [3.8, 4) is 0 Å². The normalized spacial score (nSPS) is 17.0. The van der Waals surface area contributed by atoms with E-state index in [1.54, 1.807) is 0 Å². The summed E-state index contributed by atoms with van der Waals surface area (Å²) in [6.45, 7) is 8.06. The summed E-state index contributed by atoms with van der Waals surface area (Å²) >= 11 is 0. The van der Waals surface area contributed by atoms with Gasteiger partial charge in [0.05, 0.1) is 6.04 Å². The first-order valence-electron chi connectivity index (χ1n) is 8.23. The lowest BCUT2D eigenvalue weighted by Gasteiger charge is -2.28. The van der Waals surface area contributed by atoms with E-state index in [-0.39, 0.29) is 6.04 Å². The van der Waals surface area contributed by atoms with Crippen LogP contribution < -0.4 is 10.6 Å². The van der Waals surface area contributed by atoms with Gasteiger partial charge in [0.2, 0.25) is 0 Å². The summed E-state index contributed by atoms with van der Waals surface area (Å²) < 4.78 is 2.07. The molecule has 2 N–H and O–H groups in total. The first-order valence-corrected chi connectivity index (χ1v) is 8.23. The molecule has 0 spiro atoms. The zero-order chi connectivity index (χ0) is 17.0. The summed E-state index contributed by atoms with van der Waals surface area (Å²) in [7, 11) is 2.01. The van der Waals surface area contributed by atoms with Gasteiger partial charge in [0, 0.05) is 31.0 Å². The third-order valence-electron chi connectivity index (χ3n) is 4.06. The van der Waals surface area contributed by atoms with Gasteiger partial charge < -0.3 is 15.2 Å². The number of hydrogen-bond donors (Lipinski definition) is 2. The molecule has 1 unspecified atom stereocenters. The summed E-state index contributed by atoms with van der Waals surface area (Å²) in [5.74, 6) is -1.15. The van der Waals surface area contributed by atoms with E-state index in [0.717, 1.165) is 18.8 Å². The number of aromatic nitrogens is 1. The van der Waals surface area contributed by atoms with E-state index in [9.17, 15) is 9.59 Å². The fraction of sp³-hybridized carbons (Fsp3) is 0.647. The third-order valence-corrected chi connectivity index (χ3v) is 4.06. The lowest BCUT2D eigenvalue weighted by atomic mass is 10.1. The Labute approximate surface area is 138 Å². The molecule has 6 heteroatoms. The Morgan fingerprint density at radius 3 is 2.39 bits per heavy atom. The number of carbonyl (C=O) groups is 2. The fourth-order valence-corrected chi connectivity index (χ4v) is 2.96. The van der Waals surface area contributed by atoms with E-state index in [1.807, 2.05) is 40.1 Å². The number of hydrogen-bond acceptors (Lipinski definition) is 3. The van der Waals surface area contributed by atoms with Gasteiger partial charge in [-0.15, -0.1) is 0 Å². The molecule has 1 saturated heterocycles. The second-order valence-electron chi connectivity index (χ2n) is 7.22. The Morgan fingerprint density at radius 2 is 1.87 bits per heavy atom. The van der Waals surface area contributed by atoms with Gasteiger partial charge in [0.25, 0.3) is 0 Å². The van der Waals surface area contributed by atoms with Crippen LogP contribution in [-0.4, -0.2) is 46.5 Å². The average molecular weight is 320 g/mol. The van der Waals surface area contributed by atoms with Crippen molar-refractivity contribution in [3.05, 3.63) is 24.0 Å². The zero-order valence-electron chi connectivity index (χ0n) is 14.6. The molecule has 1 aromatic rings. The maximum atomic E-state index is 12.0. The number of amides is 2. The van der Waals surface area contributed by atoms with Gasteiger partial charge in [-0.2, -0.15) is 0 Å². The smallest absolute Gasteiger partial charge is 0.309 e. The Bertz CT molecular complexity index is 553. The minimum atomic E-state index is -0.579. The van der Waals surface area contributed by atoms with Gasteiger partial charge in [-0.05, 0) is 58.8 Å². The van der Waals surface area contributed by atoms with Crippen LogP contribution in [-0.2, 0) is 16.6 Å². The van der Waals surface area contributed by atoms with Crippen LogP contribution in [0.2, 0.25) is 0 Å². The van der Waals surface area contributed by atoms with E-state index in [0.29, 0.717) is 6.54 Å². The van der Waals surface area contributed by atoms with Gasteiger partial charge >= 0.3 is 11.8 Å². The standard InChI is InChI=1S/C17H28N4O2/c1-17(2,3)19-16(23)15(22)18-12-14(21-10-5-6-11-21)13-8-7-9-20(13)4/h7-9,14H,5-6,10-12H2,1-4H3,(H,18,22)(H,19,23). The molecule has 2 heterocycles. The molecule has 0 radical (unpaired) electrons. The molecular formula is C17H28N4O2. The molecule has 23 heavy (non-hydrogen) atoms. The highest BCUT2D eigenvalue weighted by Crippen LogP contribution is 2.24. The van der Waals surface area contributed by atoms with Gasteiger partial charge in [-0.3, -0.25) is 14.5 Å². The van der Waals surface area contributed by atoms with Crippen molar-refractivity contribution in [1.29, 1.82) is 0 Å². The quantitative estimate of drug-likeness (QED) is 0.819. The topological polar surface area (TPSA) is 66.4 Å². The molecule has 1 aliphatic heterocycles. The number of carbonyl (C=O) groups excluding carboxylic acids is 2. The largest absolute Gasteiger partial charge is 0.353 e. The first-order chi connectivity index (χ1) is 10.8. The number of likely N-dealkylation sites (tertiary alicyclic amines) is 1. The Balaban J connectivity index is 2.00. The third kappa shape index (κ3) is 4.82. The summed E-state index contributed by atoms with van der Waals surface area (Å²) in [5.41, 5.74) is 0.740. The molecule has 128 valence electrons. The lowest BCUT2D eigenvalue weighted by molar-refractivity contribution is -0.140. The number of nitrogens with one attached hydrogen (secondary N) is 2. The molecular weight excluding hydrogens is 292 g/mol. The molecule has 0 aliphatic carbocycles. The second kappa shape index (κ2) is 7.17. The van der Waals surface area contributed by atoms with E-state index >= 15 is 0 Å². The molecule has 1 aromatic heterocycles. The molecule has 1 fully saturated rings. The van der Waals surface area contributed by atoms with Gasteiger partial charge in [-0.25, -0.2) is 0 Å².